The average molecular weight is 403 g/mol. The van der Waals surface area contributed by atoms with E-state index in [-0.39, 0.29) is 5.78 Å². The summed E-state index contributed by atoms with van der Waals surface area (Å²) in [6, 6.07) is 11.3. The molecule has 1 nitrogen and oxygen atoms in total. The van der Waals surface area contributed by atoms with Crippen LogP contribution in [0, 0.1) is 6.92 Å². The molecular formula is C15H11Br2ClO. The second-order valence-electron chi connectivity index (χ2n) is 4.29. The molecule has 0 atom stereocenters. The van der Waals surface area contributed by atoms with E-state index in [0.717, 1.165) is 25.6 Å². The molecule has 2 rings (SSSR count). The Morgan fingerprint density at radius 2 is 1.74 bits per heavy atom. The Labute approximate surface area is 134 Å². The van der Waals surface area contributed by atoms with Gasteiger partial charge in [-0.1, -0.05) is 55.6 Å². The lowest BCUT2D eigenvalue weighted by Crippen LogP contribution is -2.06. The van der Waals surface area contributed by atoms with Crippen LogP contribution in [0.15, 0.2) is 45.3 Å². The van der Waals surface area contributed by atoms with Crippen molar-refractivity contribution in [3.8, 4) is 0 Å². The van der Waals surface area contributed by atoms with E-state index in [2.05, 4.69) is 31.9 Å². The summed E-state index contributed by atoms with van der Waals surface area (Å²) in [6.45, 7) is 1.93. The van der Waals surface area contributed by atoms with E-state index in [1.165, 1.54) is 0 Å². The molecule has 0 unspecified atom stereocenters. The van der Waals surface area contributed by atoms with E-state index >= 15 is 0 Å². The normalized spacial score (nSPS) is 10.5. The lowest BCUT2D eigenvalue weighted by atomic mass is 9.99. The standard InChI is InChI=1S/C15H11Br2ClO/c1-9-2-4-11(16)7-13(9)15(19)6-10-3-5-12(17)8-14(10)18/h2-5,7-8H,6H2,1H3. The van der Waals surface area contributed by atoms with E-state index in [1.807, 2.05) is 37.3 Å². The lowest BCUT2D eigenvalue weighted by Gasteiger charge is -2.07. The van der Waals surface area contributed by atoms with E-state index < -0.39 is 0 Å². The van der Waals surface area contributed by atoms with Crippen LogP contribution in [0.2, 0.25) is 5.02 Å². The first kappa shape index (κ1) is 14.8. The molecule has 0 saturated carbocycles. The highest BCUT2D eigenvalue weighted by atomic mass is 79.9. The van der Waals surface area contributed by atoms with Gasteiger partial charge < -0.3 is 0 Å². The van der Waals surface area contributed by atoms with Crippen LogP contribution in [0.3, 0.4) is 0 Å². The molecule has 0 aliphatic rings. The smallest absolute Gasteiger partial charge is 0.167 e. The summed E-state index contributed by atoms with van der Waals surface area (Å²) in [5.74, 6) is 0.0722. The van der Waals surface area contributed by atoms with Crippen molar-refractivity contribution >= 4 is 49.2 Å². The zero-order valence-corrected chi connectivity index (χ0v) is 14.1. The van der Waals surface area contributed by atoms with E-state index in [0.29, 0.717) is 11.4 Å². The molecule has 0 spiro atoms. The average Bonchev–Trinajstić information content (AvgIpc) is 2.35. The Morgan fingerprint density at radius 3 is 2.42 bits per heavy atom. The third-order valence-electron chi connectivity index (χ3n) is 2.87. The summed E-state index contributed by atoms with van der Waals surface area (Å²) in [5, 5.41) is 0.607. The van der Waals surface area contributed by atoms with Gasteiger partial charge in [0.15, 0.2) is 5.78 Å². The summed E-state index contributed by atoms with van der Waals surface area (Å²) in [5.41, 5.74) is 2.55. The topological polar surface area (TPSA) is 17.1 Å². The van der Waals surface area contributed by atoms with Crippen molar-refractivity contribution in [2.45, 2.75) is 13.3 Å². The van der Waals surface area contributed by atoms with Crippen molar-refractivity contribution < 1.29 is 4.79 Å². The van der Waals surface area contributed by atoms with Crippen molar-refractivity contribution in [2.75, 3.05) is 0 Å². The summed E-state index contributed by atoms with van der Waals surface area (Å²) in [6.07, 6.45) is 0.309. The van der Waals surface area contributed by atoms with Gasteiger partial charge in [0.25, 0.3) is 0 Å². The first-order valence-corrected chi connectivity index (χ1v) is 7.67. The van der Waals surface area contributed by atoms with Crippen LogP contribution in [-0.2, 0) is 6.42 Å². The minimum Gasteiger partial charge on any atom is -0.294 e. The van der Waals surface area contributed by atoms with Crippen molar-refractivity contribution in [1.82, 2.24) is 0 Å². The highest BCUT2D eigenvalue weighted by molar-refractivity contribution is 9.10. The molecule has 0 radical (unpaired) electrons. The SMILES string of the molecule is Cc1ccc(Br)cc1C(=O)Cc1ccc(Br)cc1Cl. The van der Waals surface area contributed by atoms with Gasteiger partial charge in [0.05, 0.1) is 0 Å². The maximum absolute atomic E-state index is 12.3. The van der Waals surface area contributed by atoms with Crippen LogP contribution in [0.25, 0.3) is 0 Å². The van der Waals surface area contributed by atoms with Gasteiger partial charge >= 0.3 is 0 Å². The Bertz CT molecular complexity index is 638. The number of halogens is 3. The van der Waals surface area contributed by atoms with Gasteiger partial charge in [-0.2, -0.15) is 0 Å². The van der Waals surface area contributed by atoms with Crippen molar-refractivity contribution in [1.29, 1.82) is 0 Å². The van der Waals surface area contributed by atoms with Gasteiger partial charge in [0, 0.05) is 26.0 Å². The Kier molecular flexibility index (Phi) is 4.82. The highest BCUT2D eigenvalue weighted by Gasteiger charge is 2.12. The fraction of sp³-hybridized carbons (Fsp3) is 0.133. The minimum absolute atomic E-state index is 0.0722. The summed E-state index contributed by atoms with van der Waals surface area (Å²) in [7, 11) is 0. The number of ketones is 1. The van der Waals surface area contributed by atoms with Crippen molar-refractivity contribution in [2.24, 2.45) is 0 Å². The molecule has 2 aromatic carbocycles. The number of hydrogen-bond acceptors (Lipinski definition) is 1. The zero-order valence-electron chi connectivity index (χ0n) is 10.2. The highest BCUT2D eigenvalue weighted by Crippen LogP contribution is 2.24. The fourth-order valence-electron chi connectivity index (χ4n) is 1.83. The van der Waals surface area contributed by atoms with E-state index in [1.54, 1.807) is 6.07 Å². The van der Waals surface area contributed by atoms with Gasteiger partial charge in [-0.3, -0.25) is 4.79 Å². The van der Waals surface area contributed by atoms with Crippen molar-refractivity contribution in [3.05, 3.63) is 67.1 Å². The fourth-order valence-corrected chi connectivity index (χ4v) is 2.93. The first-order valence-electron chi connectivity index (χ1n) is 5.70. The Morgan fingerprint density at radius 1 is 1.11 bits per heavy atom. The molecule has 98 valence electrons. The number of Topliss-reactive ketones (excluding diaryl/α,β-unsaturated/α-hetero) is 1. The third-order valence-corrected chi connectivity index (χ3v) is 4.20. The van der Waals surface area contributed by atoms with Crippen LogP contribution in [0.5, 0.6) is 0 Å². The predicted octanol–water partition coefficient (Wildman–Crippen LogP) is 5.60. The van der Waals surface area contributed by atoms with Crippen LogP contribution >= 0.6 is 43.5 Å². The molecule has 19 heavy (non-hydrogen) atoms. The van der Waals surface area contributed by atoms with Crippen LogP contribution in [-0.4, -0.2) is 5.78 Å². The maximum Gasteiger partial charge on any atom is 0.167 e. The molecule has 0 saturated heterocycles. The maximum atomic E-state index is 12.3. The molecule has 0 amide bonds. The van der Waals surface area contributed by atoms with Crippen molar-refractivity contribution in [3.63, 3.8) is 0 Å². The Hall–Kier alpha value is -0.640. The van der Waals surface area contributed by atoms with E-state index in [9.17, 15) is 4.79 Å². The summed E-state index contributed by atoms with van der Waals surface area (Å²) < 4.78 is 1.82. The zero-order chi connectivity index (χ0) is 14.0. The van der Waals surface area contributed by atoms with Crippen LogP contribution in [0.1, 0.15) is 21.5 Å². The number of carbonyl (C=O) groups excluding carboxylic acids is 1. The minimum atomic E-state index is 0.0722. The van der Waals surface area contributed by atoms with Crippen LogP contribution in [0.4, 0.5) is 0 Å². The number of aryl methyl sites for hydroxylation is 1. The molecule has 0 aliphatic heterocycles. The monoisotopic (exact) mass is 400 g/mol. The van der Waals surface area contributed by atoms with Crippen LogP contribution < -0.4 is 0 Å². The number of hydrogen-bond donors (Lipinski definition) is 0. The van der Waals surface area contributed by atoms with Gasteiger partial charge in [0.1, 0.15) is 0 Å². The van der Waals surface area contributed by atoms with Gasteiger partial charge in [-0.05, 0) is 42.3 Å². The van der Waals surface area contributed by atoms with Gasteiger partial charge in [0.2, 0.25) is 0 Å². The molecule has 0 N–H and O–H groups in total. The molecule has 0 bridgehead atoms. The first-order chi connectivity index (χ1) is 8.97. The summed E-state index contributed by atoms with van der Waals surface area (Å²) in [4.78, 5) is 12.3. The number of benzene rings is 2. The summed E-state index contributed by atoms with van der Waals surface area (Å²) >= 11 is 12.9. The van der Waals surface area contributed by atoms with Gasteiger partial charge in [-0.25, -0.2) is 0 Å². The molecule has 2 aromatic rings. The van der Waals surface area contributed by atoms with E-state index in [4.69, 9.17) is 11.6 Å². The van der Waals surface area contributed by atoms with Gasteiger partial charge in [-0.15, -0.1) is 0 Å². The second-order valence-corrected chi connectivity index (χ2v) is 6.53. The second kappa shape index (κ2) is 6.21. The molecular weight excluding hydrogens is 391 g/mol. The molecule has 0 heterocycles. The lowest BCUT2D eigenvalue weighted by molar-refractivity contribution is 0.0992. The molecule has 4 heteroatoms. The Balaban J connectivity index is 2.28. The third kappa shape index (κ3) is 3.68. The predicted molar refractivity (Wildman–Crippen MR) is 86.1 cm³/mol. The molecule has 0 aromatic heterocycles. The largest absolute Gasteiger partial charge is 0.294 e. The number of carbonyl (C=O) groups is 1. The molecule has 0 fully saturated rings. The quantitative estimate of drug-likeness (QED) is 0.611. The number of rotatable bonds is 3. The molecule has 0 aliphatic carbocycles.